The topological polar surface area (TPSA) is 73.4 Å². The fourth-order valence-electron chi connectivity index (χ4n) is 3.72. The molecule has 3 aromatic rings. The first-order valence-corrected chi connectivity index (χ1v) is 9.89. The van der Waals surface area contributed by atoms with Gasteiger partial charge in [0.2, 0.25) is 0 Å². The van der Waals surface area contributed by atoms with Crippen molar-refractivity contribution in [2.75, 3.05) is 26.7 Å². The van der Waals surface area contributed by atoms with Crippen molar-refractivity contribution in [3.8, 4) is 22.7 Å². The number of aryl methyl sites for hydroxylation is 1. The predicted molar refractivity (Wildman–Crippen MR) is 113 cm³/mol. The zero-order chi connectivity index (χ0) is 20.4. The normalized spacial score (nSPS) is 16.2. The number of amides is 1. The number of methoxy groups -OCH3 is 1. The Morgan fingerprint density at radius 2 is 2.03 bits per heavy atom. The second-order valence-electron chi connectivity index (χ2n) is 7.55. The van der Waals surface area contributed by atoms with Crippen molar-refractivity contribution in [3.05, 3.63) is 65.9 Å². The molecule has 4 rings (SSSR count). The van der Waals surface area contributed by atoms with Crippen molar-refractivity contribution in [2.45, 2.75) is 13.3 Å². The van der Waals surface area contributed by atoms with Crippen LogP contribution in [0.5, 0.6) is 5.75 Å². The number of benzene rings is 2. The van der Waals surface area contributed by atoms with E-state index in [9.17, 15) is 4.79 Å². The van der Waals surface area contributed by atoms with Crippen LogP contribution in [0.15, 0.2) is 54.7 Å². The van der Waals surface area contributed by atoms with Gasteiger partial charge in [-0.25, -0.2) is 4.68 Å². The third-order valence-electron chi connectivity index (χ3n) is 5.49. The molecular formula is C23H26N4O2. The summed E-state index contributed by atoms with van der Waals surface area (Å²) in [6.07, 6.45) is 2.78. The number of rotatable bonds is 5. The van der Waals surface area contributed by atoms with Crippen LogP contribution in [-0.2, 0) is 0 Å². The molecule has 6 nitrogen and oxygen atoms in total. The van der Waals surface area contributed by atoms with Crippen molar-refractivity contribution in [1.29, 1.82) is 0 Å². The number of likely N-dealkylation sites (tertiary alicyclic amines) is 1. The second-order valence-corrected chi connectivity index (χ2v) is 7.55. The van der Waals surface area contributed by atoms with E-state index in [-0.39, 0.29) is 5.91 Å². The molecule has 6 heteroatoms. The Hall–Kier alpha value is -3.12. The van der Waals surface area contributed by atoms with Crippen LogP contribution in [0.25, 0.3) is 16.9 Å². The summed E-state index contributed by atoms with van der Waals surface area (Å²) in [5.74, 6) is 1.10. The maximum absolute atomic E-state index is 13.4. The second kappa shape index (κ2) is 8.09. The molecule has 2 N–H and O–H groups in total. The molecule has 1 amide bonds. The summed E-state index contributed by atoms with van der Waals surface area (Å²) in [6, 6.07) is 15.7. The third kappa shape index (κ3) is 3.89. The predicted octanol–water partition coefficient (Wildman–Crippen LogP) is 3.28. The number of ether oxygens (including phenoxy) is 1. The Balaban J connectivity index is 1.77. The first-order chi connectivity index (χ1) is 14.1. The summed E-state index contributed by atoms with van der Waals surface area (Å²) in [6.45, 7) is 4.08. The van der Waals surface area contributed by atoms with Gasteiger partial charge < -0.3 is 15.4 Å². The lowest BCUT2D eigenvalue weighted by Crippen LogP contribution is -2.30. The molecule has 150 valence electrons. The van der Waals surface area contributed by atoms with Gasteiger partial charge in [-0.1, -0.05) is 29.8 Å². The van der Waals surface area contributed by atoms with E-state index in [0.29, 0.717) is 30.3 Å². The molecule has 0 aliphatic carbocycles. The highest BCUT2D eigenvalue weighted by molar-refractivity contribution is 6.00. The largest absolute Gasteiger partial charge is 0.497 e. The number of nitrogens with two attached hydrogens (primary N) is 1. The lowest BCUT2D eigenvalue weighted by Gasteiger charge is -2.16. The molecule has 0 radical (unpaired) electrons. The monoisotopic (exact) mass is 390 g/mol. The fourth-order valence-corrected chi connectivity index (χ4v) is 3.72. The van der Waals surface area contributed by atoms with Crippen LogP contribution in [0.1, 0.15) is 22.3 Å². The highest BCUT2D eigenvalue weighted by Gasteiger charge is 2.29. The van der Waals surface area contributed by atoms with Gasteiger partial charge in [-0.05, 0) is 50.1 Å². The van der Waals surface area contributed by atoms with Crippen LogP contribution < -0.4 is 10.5 Å². The number of hydrogen-bond acceptors (Lipinski definition) is 4. The Labute approximate surface area is 170 Å². The van der Waals surface area contributed by atoms with Crippen LogP contribution in [0, 0.1) is 12.8 Å². The van der Waals surface area contributed by atoms with Gasteiger partial charge in [0.05, 0.1) is 18.4 Å². The van der Waals surface area contributed by atoms with Crippen LogP contribution in [0.3, 0.4) is 0 Å². The number of aromatic nitrogens is 2. The van der Waals surface area contributed by atoms with Crippen LogP contribution >= 0.6 is 0 Å². The number of carbonyl (C=O) groups is 1. The molecule has 1 saturated heterocycles. The van der Waals surface area contributed by atoms with E-state index in [2.05, 4.69) is 0 Å². The van der Waals surface area contributed by atoms with Gasteiger partial charge >= 0.3 is 0 Å². The summed E-state index contributed by atoms with van der Waals surface area (Å²) < 4.78 is 7.14. The van der Waals surface area contributed by atoms with Gasteiger partial charge in [-0.15, -0.1) is 0 Å². The van der Waals surface area contributed by atoms with E-state index < -0.39 is 0 Å². The maximum atomic E-state index is 13.4. The van der Waals surface area contributed by atoms with Gasteiger partial charge in [0.1, 0.15) is 11.4 Å². The smallest absolute Gasteiger partial charge is 0.257 e. The first-order valence-electron chi connectivity index (χ1n) is 9.89. The Bertz CT molecular complexity index is 1010. The van der Waals surface area contributed by atoms with Gasteiger partial charge in [0, 0.05) is 24.8 Å². The van der Waals surface area contributed by atoms with E-state index in [1.165, 1.54) is 5.56 Å². The standard InChI is InChI=1S/C23H26N4O2/c1-16-6-8-19(9-7-16)27-15-21(23(28)26-11-10-17(13-24)14-26)22(25-27)18-4-3-5-20(12-18)29-2/h3-9,12,15,17H,10-11,13-14,24H2,1-2H3. The van der Waals surface area contributed by atoms with Crippen molar-refractivity contribution < 1.29 is 9.53 Å². The average molecular weight is 390 g/mol. The Morgan fingerprint density at radius 1 is 1.24 bits per heavy atom. The minimum Gasteiger partial charge on any atom is -0.497 e. The molecule has 1 atom stereocenters. The summed E-state index contributed by atoms with van der Waals surface area (Å²) in [5, 5.41) is 4.78. The van der Waals surface area contributed by atoms with Gasteiger partial charge in [0.15, 0.2) is 0 Å². The zero-order valence-electron chi connectivity index (χ0n) is 16.8. The number of hydrogen-bond donors (Lipinski definition) is 1. The maximum Gasteiger partial charge on any atom is 0.257 e. The van der Waals surface area contributed by atoms with E-state index in [1.54, 1.807) is 11.8 Å². The lowest BCUT2D eigenvalue weighted by molar-refractivity contribution is 0.0788. The number of carbonyl (C=O) groups excluding carboxylic acids is 1. The SMILES string of the molecule is COc1cccc(-c2nn(-c3ccc(C)cc3)cc2C(=O)N2CCC(CN)C2)c1. The van der Waals surface area contributed by atoms with E-state index in [0.717, 1.165) is 30.0 Å². The third-order valence-corrected chi connectivity index (χ3v) is 5.49. The molecule has 1 unspecified atom stereocenters. The van der Waals surface area contributed by atoms with Gasteiger partial charge in [-0.3, -0.25) is 4.79 Å². The molecular weight excluding hydrogens is 364 g/mol. The van der Waals surface area contributed by atoms with Crippen molar-refractivity contribution in [2.24, 2.45) is 11.7 Å². The molecule has 1 aliphatic heterocycles. The summed E-state index contributed by atoms with van der Waals surface area (Å²) >= 11 is 0. The van der Waals surface area contributed by atoms with Gasteiger partial charge in [0.25, 0.3) is 5.91 Å². The quantitative estimate of drug-likeness (QED) is 0.726. The Kier molecular flexibility index (Phi) is 5.36. The minimum atomic E-state index is -0.00266. The Morgan fingerprint density at radius 3 is 2.72 bits per heavy atom. The zero-order valence-corrected chi connectivity index (χ0v) is 16.8. The molecule has 2 aromatic carbocycles. The van der Waals surface area contributed by atoms with E-state index in [1.807, 2.05) is 66.6 Å². The molecule has 0 spiro atoms. The fraction of sp³-hybridized carbons (Fsp3) is 0.304. The molecule has 0 saturated carbocycles. The van der Waals surface area contributed by atoms with Crippen molar-refractivity contribution >= 4 is 5.91 Å². The summed E-state index contributed by atoms with van der Waals surface area (Å²) in [7, 11) is 1.63. The molecule has 2 heterocycles. The number of nitrogens with zero attached hydrogens (tertiary/aromatic N) is 3. The van der Waals surface area contributed by atoms with Crippen LogP contribution in [0.2, 0.25) is 0 Å². The molecule has 0 bridgehead atoms. The molecule has 29 heavy (non-hydrogen) atoms. The summed E-state index contributed by atoms with van der Waals surface area (Å²) in [5.41, 5.74) is 10.0. The van der Waals surface area contributed by atoms with Crippen LogP contribution in [0.4, 0.5) is 0 Å². The van der Waals surface area contributed by atoms with Crippen molar-refractivity contribution in [3.63, 3.8) is 0 Å². The van der Waals surface area contributed by atoms with E-state index >= 15 is 0 Å². The first kappa shape index (κ1) is 19.2. The van der Waals surface area contributed by atoms with E-state index in [4.69, 9.17) is 15.6 Å². The minimum absolute atomic E-state index is 0.00266. The highest BCUT2D eigenvalue weighted by atomic mass is 16.5. The molecule has 1 aliphatic rings. The average Bonchev–Trinajstić information content (AvgIpc) is 3.41. The van der Waals surface area contributed by atoms with Crippen LogP contribution in [-0.4, -0.2) is 47.3 Å². The molecule has 1 aromatic heterocycles. The lowest BCUT2D eigenvalue weighted by atomic mass is 10.1. The molecule has 1 fully saturated rings. The highest BCUT2D eigenvalue weighted by Crippen LogP contribution is 2.29. The summed E-state index contributed by atoms with van der Waals surface area (Å²) in [4.78, 5) is 15.2. The van der Waals surface area contributed by atoms with Gasteiger partial charge in [-0.2, -0.15) is 5.10 Å². The van der Waals surface area contributed by atoms with Crippen molar-refractivity contribution in [1.82, 2.24) is 14.7 Å².